The standard InChI is InChI=1S/C17H25NO2/c1-13(2)12-17(9-4-5-10-17)16(20)18(3)14-7-6-8-15(19)11-14/h6-8,11,13,19H,4-5,9-10,12H2,1-3H3. The van der Waals surface area contributed by atoms with Gasteiger partial charge in [0.05, 0.1) is 0 Å². The first kappa shape index (κ1) is 14.9. The Labute approximate surface area is 121 Å². The van der Waals surface area contributed by atoms with Crippen LogP contribution in [0.3, 0.4) is 0 Å². The van der Waals surface area contributed by atoms with E-state index in [2.05, 4.69) is 13.8 Å². The van der Waals surface area contributed by atoms with Crippen LogP contribution in [0.25, 0.3) is 0 Å². The molecule has 0 bridgehead atoms. The number of nitrogens with zero attached hydrogens (tertiary/aromatic N) is 1. The molecule has 0 unspecified atom stereocenters. The molecule has 1 saturated carbocycles. The van der Waals surface area contributed by atoms with Crippen LogP contribution in [0.5, 0.6) is 5.75 Å². The number of hydrogen-bond acceptors (Lipinski definition) is 2. The molecular weight excluding hydrogens is 250 g/mol. The van der Waals surface area contributed by atoms with Crippen LogP contribution in [-0.2, 0) is 4.79 Å². The molecular formula is C17H25NO2. The number of phenolic OH excluding ortho intramolecular Hbond substituents is 1. The summed E-state index contributed by atoms with van der Waals surface area (Å²) in [4.78, 5) is 14.7. The zero-order chi connectivity index (χ0) is 14.8. The summed E-state index contributed by atoms with van der Waals surface area (Å²) in [5.41, 5.74) is 0.569. The van der Waals surface area contributed by atoms with Gasteiger partial charge in [0.1, 0.15) is 5.75 Å². The van der Waals surface area contributed by atoms with E-state index < -0.39 is 0 Å². The summed E-state index contributed by atoms with van der Waals surface area (Å²) in [5.74, 6) is 0.926. The van der Waals surface area contributed by atoms with Gasteiger partial charge in [-0.15, -0.1) is 0 Å². The SMILES string of the molecule is CC(C)CC1(C(=O)N(C)c2cccc(O)c2)CCCC1. The van der Waals surface area contributed by atoms with E-state index in [-0.39, 0.29) is 17.1 Å². The molecule has 1 amide bonds. The summed E-state index contributed by atoms with van der Waals surface area (Å²) in [6.45, 7) is 4.36. The van der Waals surface area contributed by atoms with Crippen LogP contribution in [0.4, 0.5) is 5.69 Å². The lowest BCUT2D eigenvalue weighted by Crippen LogP contribution is -2.41. The highest BCUT2D eigenvalue weighted by Gasteiger charge is 2.43. The van der Waals surface area contributed by atoms with Gasteiger partial charge >= 0.3 is 0 Å². The molecule has 0 spiro atoms. The van der Waals surface area contributed by atoms with E-state index in [1.807, 2.05) is 13.1 Å². The van der Waals surface area contributed by atoms with Crippen molar-refractivity contribution in [1.82, 2.24) is 0 Å². The third-order valence-corrected chi connectivity index (χ3v) is 4.33. The molecule has 110 valence electrons. The van der Waals surface area contributed by atoms with Gasteiger partial charge in [-0.05, 0) is 37.3 Å². The molecule has 0 saturated heterocycles. The molecule has 1 aliphatic carbocycles. The average molecular weight is 275 g/mol. The van der Waals surface area contributed by atoms with E-state index in [0.717, 1.165) is 37.8 Å². The quantitative estimate of drug-likeness (QED) is 0.903. The molecule has 3 nitrogen and oxygen atoms in total. The van der Waals surface area contributed by atoms with E-state index in [9.17, 15) is 9.90 Å². The van der Waals surface area contributed by atoms with Crippen LogP contribution in [0, 0.1) is 11.3 Å². The van der Waals surface area contributed by atoms with Gasteiger partial charge in [-0.3, -0.25) is 4.79 Å². The van der Waals surface area contributed by atoms with E-state index in [1.165, 1.54) is 0 Å². The van der Waals surface area contributed by atoms with E-state index in [1.54, 1.807) is 23.1 Å². The number of anilines is 1. The maximum Gasteiger partial charge on any atom is 0.232 e. The van der Waals surface area contributed by atoms with Gasteiger partial charge in [-0.2, -0.15) is 0 Å². The maximum absolute atomic E-state index is 13.0. The fraction of sp³-hybridized carbons (Fsp3) is 0.588. The third-order valence-electron chi connectivity index (χ3n) is 4.33. The number of amides is 1. The Morgan fingerprint density at radius 3 is 2.55 bits per heavy atom. The lowest BCUT2D eigenvalue weighted by Gasteiger charge is -2.34. The van der Waals surface area contributed by atoms with Crippen LogP contribution in [-0.4, -0.2) is 18.1 Å². The van der Waals surface area contributed by atoms with Crippen LogP contribution < -0.4 is 4.90 Å². The summed E-state index contributed by atoms with van der Waals surface area (Å²) >= 11 is 0. The van der Waals surface area contributed by atoms with Crippen molar-refractivity contribution in [2.24, 2.45) is 11.3 Å². The molecule has 1 N–H and O–H groups in total. The lowest BCUT2D eigenvalue weighted by molar-refractivity contribution is -0.128. The second-order valence-electron chi connectivity index (χ2n) is 6.47. The van der Waals surface area contributed by atoms with Crippen molar-refractivity contribution >= 4 is 11.6 Å². The fourth-order valence-corrected chi connectivity index (χ4v) is 3.51. The number of aromatic hydroxyl groups is 1. The van der Waals surface area contributed by atoms with Crippen LogP contribution >= 0.6 is 0 Å². The molecule has 0 aromatic heterocycles. The van der Waals surface area contributed by atoms with Crippen molar-refractivity contribution in [3.05, 3.63) is 24.3 Å². The number of rotatable bonds is 4. The summed E-state index contributed by atoms with van der Waals surface area (Å²) < 4.78 is 0. The van der Waals surface area contributed by atoms with Crippen LogP contribution in [0.1, 0.15) is 46.0 Å². The Kier molecular flexibility index (Phi) is 4.36. The van der Waals surface area contributed by atoms with Crippen LogP contribution in [0.2, 0.25) is 0 Å². The first-order chi connectivity index (χ1) is 9.44. The van der Waals surface area contributed by atoms with E-state index in [4.69, 9.17) is 0 Å². The molecule has 1 fully saturated rings. The first-order valence-electron chi connectivity index (χ1n) is 7.52. The second-order valence-corrected chi connectivity index (χ2v) is 6.47. The predicted molar refractivity (Wildman–Crippen MR) is 81.9 cm³/mol. The number of carbonyl (C=O) groups is 1. The molecule has 0 heterocycles. The smallest absolute Gasteiger partial charge is 0.232 e. The number of carbonyl (C=O) groups excluding carboxylic acids is 1. The lowest BCUT2D eigenvalue weighted by atomic mass is 9.77. The van der Waals surface area contributed by atoms with Crippen molar-refractivity contribution in [1.29, 1.82) is 0 Å². The van der Waals surface area contributed by atoms with Crippen molar-refractivity contribution < 1.29 is 9.90 Å². The molecule has 0 aliphatic heterocycles. The topological polar surface area (TPSA) is 40.5 Å². The molecule has 1 aliphatic rings. The van der Waals surface area contributed by atoms with Crippen molar-refractivity contribution in [2.75, 3.05) is 11.9 Å². The molecule has 0 radical (unpaired) electrons. The Balaban J connectivity index is 2.23. The van der Waals surface area contributed by atoms with Crippen molar-refractivity contribution in [2.45, 2.75) is 46.0 Å². The van der Waals surface area contributed by atoms with E-state index in [0.29, 0.717) is 5.92 Å². The number of benzene rings is 1. The predicted octanol–water partition coefficient (Wildman–Crippen LogP) is 3.96. The van der Waals surface area contributed by atoms with E-state index >= 15 is 0 Å². The van der Waals surface area contributed by atoms with Gasteiger partial charge in [0.25, 0.3) is 0 Å². The zero-order valence-corrected chi connectivity index (χ0v) is 12.7. The van der Waals surface area contributed by atoms with Gasteiger partial charge < -0.3 is 10.0 Å². The zero-order valence-electron chi connectivity index (χ0n) is 12.7. The summed E-state index contributed by atoms with van der Waals surface area (Å²) in [7, 11) is 1.82. The largest absolute Gasteiger partial charge is 0.508 e. The van der Waals surface area contributed by atoms with Crippen molar-refractivity contribution in [3.63, 3.8) is 0 Å². The first-order valence-corrected chi connectivity index (χ1v) is 7.52. The molecule has 2 rings (SSSR count). The van der Waals surface area contributed by atoms with Gasteiger partial charge in [-0.1, -0.05) is 32.8 Å². The van der Waals surface area contributed by atoms with Crippen LogP contribution in [0.15, 0.2) is 24.3 Å². The number of phenols is 1. The second kappa shape index (κ2) is 5.86. The molecule has 3 heteroatoms. The summed E-state index contributed by atoms with van der Waals surface area (Å²) in [5, 5.41) is 9.58. The van der Waals surface area contributed by atoms with Gasteiger partial charge in [-0.25, -0.2) is 0 Å². The van der Waals surface area contributed by atoms with Gasteiger partial charge in [0, 0.05) is 24.2 Å². The van der Waals surface area contributed by atoms with Crippen molar-refractivity contribution in [3.8, 4) is 5.75 Å². The summed E-state index contributed by atoms with van der Waals surface area (Å²) in [6.07, 6.45) is 5.23. The molecule has 1 aromatic rings. The number of hydrogen-bond donors (Lipinski definition) is 1. The highest BCUT2D eigenvalue weighted by atomic mass is 16.3. The Bertz CT molecular complexity index is 476. The average Bonchev–Trinajstić information content (AvgIpc) is 2.86. The molecule has 1 aromatic carbocycles. The minimum atomic E-state index is -0.200. The highest BCUT2D eigenvalue weighted by Crippen LogP contribution is 2.45. The Morgan fingerprint density at radius 2 is 2.00 bits per heavy atom. The minimum absolute atomic E-state index is 0.200. The monoisotopic (exact) mass is 275 g/mol. The summed E-state index contributed by atoms with van der Waals surface area (Å²) in [6, 6.07) is 6.92. The third kappa shape index (κ3) is 2.97. The normalized spacial score (nSPS) is 17.4. The molecule has 0 atom stereocenters. The molecule has 20 heavy (non-hydrogen) atoms. The minimum Gasteiger partial charge on any atom is -0.508 e. The fourth-order valence-electron chi connectivity index (χ4n) is 3.51. The Morgan fingerprint density at radius 1 is 1.35 bits per heavy atom. The highest BCUT2D eigenvalue weighted by molar-refractivity contribution is 5.97. The maximum atomic E-state index is 13.0. The van der Waals surface area contributed by atoms with Gasteiger partial charge in [0.15, 0.2) is 0 Å². The Hall–Kier alpha value is -1.51. The van der Waals surface area contributed by atoms with Gasteiger partial charge in [0.2, 0.25) is 5.91 Å².